The van der Waals surface area contributed by atoms with Gasteiger partial charge in [0.25, 0.3) is 0 Å². The summed E-state index contributed by atoms with van der Waals surface area (Å²) in [6.07, 6.45) is 1.96. The lowest BCUT2D eigenvalue weighted by Crippen LogP contribution is -2.31. The molecular weight excluding hydrogens is 251 g/mol. The molecule has 0 atom stereocenters. The molecular formula is C12H21FN4O2. The van der Waals surface area contributed by atoms with E-state index in [1.54, 1.807) is 21.3 Å². The van der Waals surface area contributed by atoms with E-state index in [-0.39, 0.29) is 5.82 Å². The first-order valence-electron chi connectivity index (χ1n) is 6.16. The Balaban J connectivity index is 2.81. The average molecular weight is 272 g/mol. The lowest BCUT2D eigenvalue weighted by molar-refractivity contribution is 0.190. The lowest BCUT2D eigenvalue weighted by Gasteiger charge is -2.23. The number of aromatic nitrogens is 2. The zero-order valence-electron chi connectivity index (χ0n) is 11.6. The minimum Gasteiger partial charge on any atom is -0.385 e. The van der Waals surface area contributed by atoms with E-state index in [9.17, 15) is 4.39 Å². The maximum Gasteiger partial charge on any atom is 0.224 e. The Morgan fingerprint density at radius 3 is 2.63 bits per heavy atom. The van der Waals surface area contributed by atoms with Crippen molar-refractivity contribution in [1.82, 2.24) is 9.97 Å². The molecule has 1 heterocycles. The van der Waals surface area contributed by atoms with Gasteiger partial charge in [-0.3, -0.25) is 0 Å². The topological polar surface area (TPSA) is 59.5 Å². The summed E-state index contributed by atoms with van der Waals surface area (Å²) in [7, 11) is 4.95. The number of halogens is 1. The molecule has 108 valence electrons. The third-order valence-corrected chi connectivity index (χ3v) is 2.59. The number of ether oxygens (including phenoxy) is 2. The number of rotatable bonds is 9. The van der Waals surface area contributed by atoms with Gasteiger partial charge >= 0.3 is 0 Å². The van der Waals surface area contributed by atoms with Crippen LogP contribution in [0, 0.1) is 5.82 Å². The van der Waals surface area contributed by atoms with Crippen molar-refractivity contribution < 1.29 is 13.9 Å². The van der Waals surface area contributed by atoms with Crippen LogP contribution in [0.3, 0.4) is 0 Å². The first-order chi connectivity index (χ1) is 9.22. The second-order valence-corrected chi connectivity index (χ2v) is 3.94. The number of anilines is 2. The minimum absolute atomic E-state index is 0.285. The first kappa shape index (κ1) is 15.6. The lowest BCUT2D eigenvalue weighted by atomic mass is 10.3. The van der Waals surface area contributed by atoms with Crippen molar-refractivity contribution >= 4 is 11.8 Å². The smallest absolute Gasteiger partial charge is 0.224 e. The molecule has 19 heavy (non-hydrogen) atoms. The Morgan fingerprint density at radius 1 is 1.26 bits per heavy atom. The summed E-state index contributed by atoms with van der Waals surface area (Å²) in [6.45, 7) is 2.34. The largest absolute Gasteiger partial charge is 0.385 e. The summed E-state index contributed by atoms with van der Waals surface area (Å²) in [5.74, 6) is 0.241. The molecule has 0 bridgehead atoms. The van der Waals surface area contributed by atoms with E-state index >= 15 is 0 Å². The molecule has 0 aromatic carbocycles. The third kappa shape index (κ3) is 4.96. The van der Waals surface area contributed by atoms with E-state index in [2.05, 4.69) is 15.3 Å². The molecule has 0 amide bonds. The van der Waals surface area contributed by atoms with Gasteiger partial charge in [-0.1, -0.05) is 0 Å². The molecule has 0 saturated heterocycles. The Hall–Kier alpha value is -1.47. The average Bonchev–Trinajstić information content (AvgIpc) is 2.43. The van der Waals surface area contributed by atoms with Gasteiger partial charge in [0.05, 0.1) is 12.8 Å². The molecule has 0 radical (unpaired) electrons. The monoisotopic (exact) mass is 272 g/mol. The maximum atomic E-state index is 13.8. The van der Waals surface area contributed by atoms with Crippen molar-refractivity contribution in [2.75, 3.05) is 57.8 Å². The van der Waals surface area contributed by atoms with Crippen molar-refractivity contribution in [2.45, 2.75) is 6.42 Å². The zero-order chi connectivity index (χ0) is 14.1. The van der Waals surface area contributed by atoms with Crippen LogP contribution < -0.4 is 10.2 Å². The number of methoxy groups -OCH3 is 2. The number of hydrogen-bond acceptors (Lipinski definition) is 6. The molecule has 0 aliphatic heterocycles. The normalized spacial score (nSPS) is 10.5. The van der Waals surface area contributed by atoms with Crippen molar-refractivity contribution in [1.29, 1.82) is 0 Å². The minimum atomic E-state index is -0.437. The molecule has 0 spiro atoms. The molecule has 0 aliphatic carbocycles. The predicted molar refractivity (Wildman–Crippen MR) is 72.1 cm³/mol. The second-order valence-electron chi connectivity index (χ2n) is 3.94. The molecule has 7 heteroatoms. The quantitative estimate of drug-likeness (QED) is 0.680. The van der Waals surface area contributed by atoms with Gasteiger partial charge in [-0.2, -0.15) is 4.98 Å². The van der Waals surface area contributed by atoms with Gasteiger partial charge in [0.2, 0.25) is 5.95 Å². The van der Waals surface area contributed by atoms with Crippen molar-refractivity contribution in [2.24, 2.45) is 0 Å². The second kappa shape index (κ2) is 8.60. The van der Waals surface area contributed by atoms with Crippen LogP contribution in [0.2, 0.25) is 0 Å². The van der Waals surface area contributed by atoms with Gasteiger partial charge in [-0.05, 0) is 6.42 Å². The highest BCUT2D eigenvalue weighted by atomic mass is 19.1. The number of nitrogens with one attached hydrogen (secondary N) is 1. The predicted octanol–water partition coefficient (Wildman–Crippen LogP) is 1.15. The molecule has 0 aliphatic rings. The summed E-state index contributed by atoms with van der Waals surface area (Å²) in [4.78, 5) is 9.83. The van der Waals surface area contributed by atoms with Crippen LogP contribution in [0.1, 0.15) is 6.42 Å². The van der Waals surface area contributed by atoms with Crippen LogP contribution in [-0.4, -0.2) is 57.5 Å². The summed E-state index contributed by atoms with van der Waals surface area (Å²) < 4.78 is 23.9. The van der Waals surface area contributed by atoms with Crippen LogP contribution in [0.15, 0.2) is 6.20 Å². The Morgan fingerprint density at radius 2 is 2.00 bits per heavy atom. The molecule has 1 rings (SSSR count). The summed E-state index contributed by atoms with van der Waals surface area (Å²) in [5, 5.41) is 2.80. The fraction of sp³-hybridized carbons (Fsp3) is 0.667. The van der Waals surface area contributed by atoms with Crippen molar-refractivity contribution in [3.63, 3.8) is 0 Å². The highest BCUT2D eigenvalue weighted by Crippen LogP contribution is 2.17. The van der Waals surface area contributed by atoms with Gasteiger partial charge in [0.15, 0.2) is 11.6 Å². The Labute approximate surface area is 112 Å². The fourth-order valence-electron chi connectivity index (χ4n) is 1.63. The molecule has 1 aromatic rings. The SMILES string of the molecule is CNc1ncc(F)c(N(CCCOC)CCOC)n1. The van der Waals surface area contributed by atoms with Gasteiger partial charge in [0, 0.05) is 41.0 Å². The number of nitrogens with zero attached hydrogens (tertiary/aromatic N) is 3. The van der Waals surface area contributed by atoms with E-state index < -0.39 is 5.82 Å². The van der Waals surface area contributed by atoms with Crippen molar-refractivity contribution in [3.05, 3.63) is 12.0 Å². The highest BCUT2D eigenvalue weighted by molar-refractivity contribution is 5.43. The van der Waals surface area contributed by atoms with E-state index in [1.807, 2.05) is 4.90 Å². The highest BCUT2D eigenvalue weighted by Gasteiger charge is 2.14. The molecule has 1 aromatic heterocycles. The summed E-state index contributed by atoms with van der Waals surface area (Å²) >= 11 is 0. The summed E-state index contributed by atoms with van der Waals surface area (Å²) in [6, 6.07) is 0. The molecule has 0 fully saturated rings. The van der Waals surface area contributed by atoms with Crippen LogP contribution >= 0.6 is 0 Å². The molecule has 1 N–H and O–H groups in total. The van der Waals surface area contributed by atoms with E-state index in [0.717, 1.165) is 6.42 Å². The van der Waals surface area contributed by atoms with E-state index in [4.69, 9.17) is 9.47 Å². The van der Waals surface area contributed by atoms with Crippen molar-refractivity contribution in [3.8, 4) is 0 Å². The third-order valence-electron chi connectivity index (χ3n) is 2.59. The Bertz CT molecular complexity index is 379. The van der Waals surface area contributed by atoms with Crippen LogP contribution in [0.5, 0.6) is 0 Å². The van der Waals surface area contributed by atoms with Gasteiger partial charge in [0.1, 0.15) is 0 Å². The van der Waals surface area contributed by atoms with E-state index in [1.165, 1.54) is 6.20 Å². The first-order valence-corrected chi connectivity index (χ1v) is 6.16. The van der Waals surface area contributed by atoms with Gasteiger partial charge in [-0.15, -0.1) is 0 Å². The summed E-state index contributed by atoms with van der Waals surface area (Å²) in [5.41, 5.74) is 0. The van der Waals surface area contributed by atoms with Gasteiger partial charge < -0.3 is 19.7 Å². The molecule has 0 unspecified atom stereocenters. The molecule has 0 saturated carbocycles. The van der Waals surface area contributed by atoms with E-state index in [0.29, 0.717) is 32.3 Å². The zero-order valence-corrected chi connectivity index (χ0v) is 11.6. The van der Waals surface area contributed by atoms with Crippen LogP contribution in [0.25, 0.3) is 0 Å². The fourth-order valence-corrected chi connectivity index (χ4v) is 1.63. The standard InChI is InChI=1S/C12H21FN4O2/c1-14-12-15-9-10(13)11(16-12)17(6-8-19-3)5-4-7-18-2/h9H,4-8H2,1-3H3,(H,14,15,16). The maximum absolute atomic E-state index is 13.8. The van der Waals surface area contributed by atoms with Crippen LogP contribution in [-0.2, 0) is 9.47 Å². The van der Waals surface area contributed by atoms with Crippen LogP contribution in [0.4, 0.5) is 16.2 Å². The van der Waals surface area contributed by atoms with Gasteiger partial charge in [-0.25, -0.2) is 9.37 Å². The number of hydrogen-bond donors (Lipinski definition) is 1. The molecule has 6 nitrogen and oxygen atoms in total. The Kier molecular flexibility index (Phi) is 7.06.